The molecule has 2 saturated heterocycles. The van der Waals surface area contributed by atoms with Crippen LogP contribution in [0.4, 0.5) is 0 Å². The summed E-state index contributed by atoms with van der Waals surface area (Å²) in [5.74, 6) is 0.563. The van der Waals surface area contributed by atoms with Gasteiger partial charge >= 0.3 is 0 Å². The van der Waals surface area contributed by atoms with E-state index in [4.69, 9.17) is 13.7 Å². The first-order valence-corrected chi connectivity index (χ1v) is 9.14. The van der Waals surface area contributed by atoms with Crippen LogP contribution in [0.2, 0.25) is 0 Å². The molecule has 2 heterocycles. The van der Waals surface area contributed by atoms with Crippen LogP contribution in [0.5, 0.6) is 0 Å². The van der Waals surface area contributed by atoms with Gasteiger partial charge in [-0.15, -0.1) is 0 Å². The number of allylic oxidation sites excluding steroid dienone is 2. The Morgan fingerprint density at radius 1 is 1.48 bits per heavy atom. The summed E-state index contributed by atoms with van der Waals surface area (Å²) >= 11 is 0. The first-order valence-electron chi connectivity index (χ1n) is 7.33. The lowest BCUT2D eigenvalue weighted by Gasteiger charge is -2.52. The van der Waals surface area contributed by atoms with Crippen LogP contribution in [-0.2, 0) is 23.8 Å². The minimum Gasteiger partial charge on any atom is -0.390 e. The summed E-state index contributed by atoms with van der Waals surface area (Å²) < 4.78 is 38.5. The van der Waals surface area contributed by atoms with Crippen LogP contribution in [0, 0.1) is 17.8 Å². The fraction of sp³-hybridized carbons (Fsp3) is 0.857. The molecule has 0 saturated carbocycles. The Morgan fingerprint density at radius 2 is 2.24 bits per heavy atom. The zero-order valence-corrected chi connectivity index (χ0v) is 13.1. The molecule has 0 unspecified atom stereocenters. The van der Waals surface area contributed by atoms with Crippen molar-refractivity contribution in [1.82, 2.24) is 0 Å². The Kier molecular flexibility index (Phi) is 4.13. The second-order valence-electron chi connectivity index (χ2n) is 6.21. The van der Waals surface area contributed by atoms with Crippen molar-refractivity contribution in [3.63, 3.8) is 0 Å². The monoisotopic (exact) mass is 318 g/mol. The molecule has 0 aromatic heterocycles. The number of hydrogen-bond acceptors (Lipinski definition) is 6. The third-order valence-corrected chi connectivity index (χ3v) is 5.42. The van der Waals surface area contributed by atoms with Crippen LogP contribution in [0.15, 0.2) is 11.6 Å². The van der Waals surface area contributed by atoms with Crippen LogP contribution in [0.1, 0.15) is 19.8 Å². The number of aliphatic hydroxyl groups excluding tert-OH is 1. The van der Waals surface area contributed by atoms with Crippen molar-refractivity contribution < 1.29 is 27.2 Å². The van der Waals surface area contributed by atoms with Crippen LogP contribution in [0.3, 0.4) is 0 Å². The SMILES string of the molecule is CC1=CC[C@@H]2[C@H](O)[C@@H](COS(C)(=O)=O)O[C@@H]3OCC[C@@H]1[C@@H]32. The molecule has 3 aliphatic rings. The lowest BCUT2D eigenvalue weighted by atomic mass is 9.66. The number of ether oxygens (including phenoxy) is 2. The van der Waals surface area contributed by atoms with E-state index in [2.05, 4.69) is 13.0 Å². The van der Waals surface area contributed by atoms with Crippen LogP contribution < -0.4 is 0 Å². The average Bonchev–Trinajstić information content (AvgIpc) is 2.42. The van der Waals surface area contributed by atoms with Crippen molar-refractivity contribution in [2.75, 3.05) is 19.5 Å². The minimum atomic E-state index is -3.55. The minimum absolute atomic E-state index is 0.0333. The number of aliphatic hydroxyl groups is 1. The molecule has 2 aliphatic heterocycles. The summed E-state index contributed by atoms with van der Waals surface area (Å²) in [6.07, 6.45) is 3.10. The smallest absolute Gasteiger partial charge is 0.264 e. The van der Waals surface area contributed by atoms with Crippen molar-refractivity contribution in [2.24, 2.45) is 17.8 Å². The zero-order valence-electron chi connectivity index (χ0n) is 12.3. The molecular weight excluding hydrogens is 296 g/mol. The van der Waals surface area contributed by atoms with Gasteiger partial charge in [-0.05, 0) is 31.6 Å². The van der Waals surface area contributed by atoms with E-state index < -0.39 is 22.3 Å². The van der Waals surface area contributed by atoms with E-state index in [0.29, 0.717) is 12.5 Å². The third-order valence-electron chi connectivity index (χ3n) is 4.86. The second-order valence-corrected chi connectivity index (χ2v) is 7.86. The highest BCUT2D eigenvalue weighted by Crippen LogP contribution is 2.47. The van der Waals surface area contributed by atoms with Crippen molar-refractivity contribution in [2.45, 2.75) is 38.3 Å². The largest absolute Gasteiger partial charge is 0.390 e. The Bertz CT molecular complexity index is 528. The van der Waals surface area contributed by atoms with Gasteiger partial charge in [-0.3, -0.25) is 4.18 Å². The fourth-order valence-corrected chi connectivity index (χ4v) is 4.20. The number of rotatable bonds is 3. The van der Waals surface area contributed by atoms with Crippen molar-refractivity contribution in [3.05, 3.63) is 11.6 Å². The maximum absolute atomic E-state index is 11.1. The van der Waals surface area contributed by atoms with Crippen LogP contribution in [-0.4, -0.2) is 51.5 Å². The maximum atomic E-state index is 11.1. The molecule has 0 amide bonds. The third kappa shape index (κ3) is 3.03. The molecule has 6 atom stereocenters. The summed E-state index contributed by atoms with van der Waals surface area (Å²) in [7, 11) is -3.55. The van der Waals surface area contributed by atoms with E-state index in [9.17, 15) is 13.5 Å². The summed E-state index contributed by atoms with van der Waals surface area (Å²) in [4.78, 5) is 0. The highest BCUT2D eigenvalue weighted by Gasteiger charge is 2.51. The van der Waals surface area contributed by atoms with E-state index in [0.717, 1.165) is 19.1 Å². The summed E-state index contributed by atoms with van der Waals surface area (Å²) in [5, 5.41) is 10.5. The molecule has 21 heavy (non-hydrogen) atoms. The van der Waals surface area contributed by atoms with Crippen molar-refractivity contribution in [3.8, 4) is 0 Å². The van der Waals surface area contributed by atoms with Crippen LogP contribution in [0.25, 0.3) is 0 Å². The van der Waals surface area contributed by atoms with Crippen molar-refractivity contribution in [1.29, 1.82) is 0 Å². The molecule has 0 radical (unpaired) electrons. The van der Waals surface area contributed by atoms with E-state index in [1.807, 2.05) is 0 Å². The van der Waals surface area contributed by atoms with Gasteiger partial charge in [-0.25, -0.2) is 0 Å². The first-order chi connectivity index (χ1) is 9.87. The lowest BCUT2D eigenvalue weighted by molar-refractivity contribution is -0.296. The van der Waals surface area contributed by atoms with Crippen molar-refractivity contribution >= 4 is 10.1 Å². The summed E-state index contributed by atoms with van der Waals surface area (Å²) in [6, 6.07) is 0. The molecule has 1 N–H and O–H groups in total. The van der Waals surface area contributed by atoms with E-state index in [1.54, 1.807) is 0 Å². The summed E-state index contributed by atoms with van der Waals surface area (Å²) in [5.41, 5.74) is 1.34. The van der Waals surface area contributed by atoms with Gasteiger partial charge in [0.05, 0.1) is 25.6 Å². The predicted octanol–water partition coefficient (Wildman–Crippen LogP) is 0.667. The molecule has 0 aromatic carbocycles. The predicted molar refractivity (Wildman–Crippen MR) is 74.9 cm³/mol. The average molecular weight is 318 g/mol. The normalized spacial score (nSPS) is 43.1. The molecular formula is C14H22O6S. The lowest BCUT2D eigenvalue weighted by Crippen LogP contribution is -2.58. The van der Waals surface area contributed by atoms with Gasteiger partial charge < -0.3 is 14.6 Å². The highest BCUT2D eigenvalue weighted by atomic mass is 32.2. The molecule has 1 aliphatic carbocycles. The topological polar surface area (TPSA) is 82.1 Å². The van der Waals surface area contributed by atoms with Gasteiger partial charge in [0.1, 0.15) is 6.10 Å². The van der Waals surface area contributed by atoms with Gasteiger partial charge in [0.2, 0.25) is 0 Å². The van der Waals surface area contributed by atoms with Gasteiger partial charge in [0.25, 0.3) is 10.1 Å². The van der Waals surface area contributed by atoms with Gasteiger partial charge in [-0.1, -0.05) is 11.6 Å². The Balaban J connectivity index is 1.78. The quantitative estimate of drug-likeness (QED) is 0.608. The van der Waals surface area contributed by atoms with E-state index in [-0.39, 0.29) is 24.7 Å². The van der Waals surface area contributed by atoms with E-state index >= 15 is 0 Å². The van der Waals surface area contributed by atoms with Gasteiger partial charge in [0.15, 0.2) is 6.29 Å². The Morgan fingerprint density at radius 3 is 2.95 bits per heavy atom. The standard InChI is InChI=1S/C14H22O6S/c1-8-3-4-10-12-9(8)5-6-18-14(12)20-11(13(10)15)7-19-21(2,16)17/h3,9-15H,4-7H2,1-2H3/t9-,10-,11+,12+,13-,14-/m0/s1. The molecule has 0 spiro atoms. The maximum Gasteiger partial charge on any atom is 0.264 e. The first kappa shape index (κ1) is 15.4. The molecule has 7 heteroatoms. The Labute approximate surface area is 125 Å². The highest BCUT2D eigenvalue weighted by molar-refractivity contribution is 7.85. The van der Waals surface area contributed by atoms with Gasteiger partial charge in [0, 0.05) is 5.92 Å². The zero-order chi connectivity index (χ0) is 15.2. The molecule has 0 aromatic rings. The molecule has 120 valence electrons. The molecule has 2 fully saturated rings. The number of hydrogen-bond donors (Lipinski definition) is 1. The molecule has 3 rings (SSSR count). The van der Waals surface area contributed by atoms with E-state index in [1.165, 1.54) is 5.57 Å². The van der Waals surface area contributed by atoms with Crippen LogP contribution >= 0.6 is 0 Å². The molecule has 0 bridgehead atoms. The Hall–Kier alpha value is -0.470. The summed E-state index contributed by atoms with van der Waals surface area (Å²) in [6.45, 7) is 2.57. The molecule has 6 nitrogen and oxygen atoms in total. The second kappa shape index (κ2) is 5.62. The van der Waals surface area contributed by atoms with Gasteiger partial charge in [-0.2, -0.15) is 8.42 Å². The fourth-order valence-electron chi connectivity index (χ4n) is 3.82.